The Bertz CT molecular complexity index is 285. The Morgan fingerprint density at radius 3 is 2.44 bits per heavy atom. The molecule has 0 bridgehead atoms. The summed E-state index contributed by atoms with van der Waals surface area (Å²) in [6.45, 7) is 5.93. The lowest BCUT2D eigenvalue weighted by Gasteiger charge is -2.34. The van der Waals surface area contributed by atoms with Crippen LogP contribution in [-0.4, -0.2) is 49.7 Å². The van der Waals surface area contributed by atoms with E-state index in [2.05, 4.69) is 4.90 Å². The number of ether oxygens (including phenoxy) is 2. The van der Waals surface area contributed by atoms with Crippen molar-refractivity contribution in [1.82, 2.24) is 4.90 Å². The van der Waals surface area contributed by atoms with Crippen LogP contribution in [0.2, 0.25) is 0 Å². The van der Waals surface area contributed by atoms with Gasteiger partial charge in [0.25, 0.3) is 0 Å². The highest BCUT2D eigenvalue weighted by atomic mass is 16.5. The Kier molecular flexibility index (Phi) is 6.12. The zero-order chi connectivity index (χ0) is 13.5. The van der Waals surface area contributed by atoms with Crippen LogP contribution in [0.25, 0.3) is 0 Å². The summed E-state index contributed by atoms with van der Waals surface area (Å²) in [6.07, 6.45) is 2.02. The minimum absolute atomic E-state index is 0.0149. The van der Waals surface area contributed by atoms with Crippen molar-refractivity contribution in [3.63, 3.8) is 0 Å². The number of piperidine rings is 1. The number of esters is 2. The number of hydrogen-bond donors (Lipinski definition) is 0. The van der Waals surface area contributed by atoms with Crippen LogP contribution in [-0.2, 0) is 19.1 Å². The van der Waals surface area contributed by atoms with Gasteiger partial charge in [0.2, 0.25) is 0 Å². The van der Waals surface area contributed by atoms with Gasteiger partial charge >= 0.3 is 11.9 Å². The Morgan fingerprint density at radius 2 is 1.94 bits per heavy atom. The SMILES string of the molecule is CCOC(=O)CC(C)N1CCC(C(=O)OC)CC1. The summed E-state index contributed by atoms with van der Waals surface area (Å²) in [5.74, 6) is -0.256. The van der Waals surface area contributed by atoms with Crippen LogP contribution in [0.15, 0.2) is 0 Å². The van der Waals surface area contributed by atoms with Crippen molar-refractivity contribution in [2.45, 2.75) is 39.2 Å². The molecule has 1 atom stereocenters. The topological polar surface area (TPSA) is 55.8 Å². The van der Waals surface area contributed by atoms with Crippen LogP contribution >= 0.6 is 0 Å². The van der Waals surface area contributed by atoms with Gasteiger partial charge in [0.05, 0.1) is 26.1 Å². The van der Waals surface area contributed by atoms with Gasteiger partial charge < -0.3 is 14.4 Å². The molecule has 1 fully saturated rings. The van der Waals surface area contributed by atoms with E-state index < -0.39 is 0 Å². The van der Waals surface area contributed by atoms with Crippen molar-refractivity contribution in [3.8, 4) is 0 Å². The Morgan fingerprint density at radius 1 is 1.33 bits per heavy atom. The first-order valence-electron chi connectivity index (χ1n) is 6.56. The number of likely N-dealkylation sites (tertiary alicyclic amines) is 1. The fourth-order valence-electron chi connectivity index (χ4n) is 2.33. The van der Waals surface area contributed by atoms with Gasteiger partial charge in [-0.05, 0) is 39.8 Å². The van der Waals surface area contributed by atoms with E-state index in [0.717, 1.165) is 25.9 Å². The molecular formula is C13H23NO4. The molecule has 1 unspecified atom stereocenters. The van der Waals surface area contributed by atoms with Gasteiger partial charge in [-0.15, -0.1) is 0 Å². The average Bonchev–Trinajstić information content (AvgIpc) is 2.38. The summed E-state index contributed by atoms with van der Waals surface area (Å²) in [5, 5.41) is 0. The monoisotopic (exact) mass is 257 g/mol. The molecule has 0 aromatic rings. The fourth-order valence-corrected chi connectivity index (χ4v) is 2.33. The third-order valence-electron chi connectivity index (χ3n) is 3.45. The molecule has 0 aromatic carbocycles. The van der Waals surface area contributed by atoms with Crippen LogP contribution in [0.1, 0.15) is 33.1 Å². The summed E-state index contributed by atoms with van der Waals surface area (Å²) < 4.78 is 9.69. The van der Waals surface area contributed by atoms with Gasteiger partial charge in [-0.3, -0.25) is 9.59 Å². The van der Waals surface area contributed by atoms with E-state index in [1.807, 2.05) is 13.8 Å². The number of carbonyl (C=O) groups excluding carboxylic acids is 2. The maximum absolute atomic E-state index is 11.4. The van der Waals surface area contributed by atoms with E-state index in [4.69, 9.17) is 9.47 Å². The third kappa shape index (κ3) is 4.29. The number of hydrogen-bond acceptors (Lipinski definition) is 5. The third-order valence-corrected chi connectivity index (χ3v) is 3.45. The Balaban J connectivity index is 2.33. The van der Waals surface area contributed by atoms with Gasteiger partial charge in [-0.2, -0.15) is 0 Å². The maximum Gasteiger partial charge on any atom is 0.308 e. The first-order chi connectivity index (χ1) is 8.58. The lowest BCUT2D eigenvalue weighted by atomic mass is 9.95. The van der Waals surface area contributed by atoms with Crippen LogP contribution < -0.4 is 0 Å². The molecule has 1 saturated heterocycles. The quantitative estimate of drug-likeness (QED) is 0.693. The molecule has 0 N–H and O–H groups in total. The number of carbonyl (C=O) groups is 2. The van der Waals surface area contributed by atoms with Crippen molar-refractivity contribution in [3.05, 3.63) is 0 Å². The maximum atomic E-state index is 11.4. The normalized spacial score (nSPS) is 19.3. The smallest absolute Gasteiger partial charge is 0.308 e. The molecule has 0 aromatic heterocycles. The Labute approximate surface area is 108 Å². The number of nitrogens with zero attached hydrogens (tertiary/aromatic N) is 1. The minimum atomic E-state index is -0.153. The molecule has 5 heteroatoms. The lowest BCUT2D eigenvalue weighted by molar-refractivity contribution is -0.148. The van der Waals surface area contributed by atoms with Gasteiger partial charge in [-0.1, -0.05) is 0 Å². The highest BCUT2D eigenvalue weighted by Gasteiger charge is 2.28. The molecule has 5 nitrogen and oxygen atoms in total. The van der Waals surface area contributed by atoms with E-state index >= 15 is 0 Å². The molecule has 0 radical (unpaired) electrons. The average molecular weight is 257 g/mol. The number of methoxy groups -OCH3 is 1. The molecule has 0 saturated carbocycles. The molecular weight excluding hydrogens is 234 g/mol. The summed E-state index contributed by atoms with van der Waals surface area (Å²) >= 11 is 0. The molecule has 1 heterocycles. The number of rotatable bonds is 5. The fraction of sp³-hybridized carbons (Fsp3) is 0.846. The molecule has 1 rings (SSSR count). The highest BCUT2D eigenvalue weighted by molar-refractivity contribution is 5.72. The first-order valence-corrected chi connectivity index (χ1v) is 6.56. The second kappa shape index (κ2) is 7.36. The van der Waals surface area contributed by atoms with Crippen LogP contribution in [0, 0.1) is 5.92 Å². The largest absolute Gasteiger partial charge is 0.469 e. The van der Waals surface area contributed by atoms with Gasteiger partial charge in [-0.25, -0.2) is 0 Å². The zero-order valence-electron chi connectivity index (χ0n) is 11.5. The molecule has 0 amide bonds. The summed E-state index contributed by atoms with van der Waals surface area (Å²) in [5.41, 5.74) is 0. The summed E-state index contributed by atoms with van der Waals surface area (Å²) in [4.78, 5) is 25.0. The van der Waals surface area contributed by atoms with Crippen molar-refractivity contribution in [2.24, 2.45) is 5.92 Å². The molecule has 1 aliphatic rings. The molecule has 104 valence electrons. The Hall–Kier alpha value is -1.10. The van der Waals surface area contributed by atoms with E-state index in [-0.39, 0.29) is 23.9 Å². The van der Waals surface area contributed by atoms with Crippen molar-refractivity contribution in [1.29, 1.82) is 0 Å². The van der Waals surface area contributed by atoms with E-state index in [0.29, 0.717) is 13.0 Å². The van der Waals surface area contributed by atoms with Gasteiger partial charge in [0.15, 0.2) is 0 Å². The minimum Gasteiger partial charge on any atom is -0.469 e. The lowest BCUT2D eigenvalue weighted by Crippen LogP contribution is -2.42. The first kappa shape index (κ1) is 15.0. The predicted molar refractivity (Wildman–Crippen MR) is 67.0 cm³/mol. The van der Waals surface area contributed by atoms with Crippen molar-refractivity contribution < 1.29 is 19.1 Å². The molecule has 0 aliphatic carbocycles. The second-order valence-electron chi connectivity index (χ2n) is 4.69. The van der Waals surface area contributed by atoms with Gasteiger partial charge in [0, 0.05) is 6.04 Å². The zero-order valence-corrected chi connectivity index (χ0v) is 11.5. The molecule has 0 spiro atoms. The molecule has 1 aliphatic heterocycles. The van der Waals surface area contributed by atoms with Crippen LogP contribution in [0.3, 0.4) is 0 Å². The van der Waals surface area contributed by atoms with Crippen LogP contribution in [0.4, 0.5) is 0 Å². The molecule has 18 heavy (non-hydrogen) atoms. The summed E-state index contributed by atoms with van der Waals surface area (Å²) in [6, 6.07) is 0.169. The van der Waals surface area contributed by atoms with E-state index in [1.165, 1.54) is 7.11 Å². The van der Waals surface area contributed by atoms with E-state index in [9.17, 15) is 9.59 Å². The van der Waals surface area contributed by atoms with Crippen molar-refractivity contribution >= 4 is 11.9 Å². The second-order valence-corrected chi connectivity index (χ2v) is 4.69. The standard InChI is InChI=1S/C13H23NO4/c1-4-18-12(15)9-10(2)14-7-5-11(6-8-14)13(16)17-3/h10-11H,4-9H2,1-3H3. The van der Waals surface area contributed by atoms with Crippen molar-refractivity contribution in [2.75, 3.05) is 26.8 Å². The predicted octanol–water partition coefficient (Wildman–Crippen LogP) is 1.21. The van der Waals surface area contributed by atoms with Gasteiger partial charge in [0.1, 0.15) is 0 Å². The highest BCUT2D eigenvalue weighted by Crippen LogP contribution is 2.21. The van der Waals surface area contributed by atoms with E-state index in [1.54, 1.807) is 0 Å². The van der Waals surface area contributed by atoms with Crippen LogP contribution in [0.5, 0.6) is 0 Å². The summed E-state index contributed by atoms with van der Waals surface area (Å²) in [7, 11) is 1.43.